The van der Waals surface area contributed by atoms with Gasteiger partial charge in [-0.2, -0.15) is 5.10 Å². The fourth-order valence-electron chi connectivity index (χ4n) is 1.55. The highest BCUT2D eigenvalue weighted by Crippen LogP contribution is 2.22. The fourth-order valence-corrected chi connectivity index (χ4v) is 3.00. The Balaban J connectivity index is 2.38. The number of aromatic nitrogens is 2. The van der Waals surface area contributed by atoms with Crippen molar-refractivity contribution in [1.82, 2.24) is 10.2 Å². The third kappa shape index (κ3) is 2.95. The molecule has 0 saturated heterocycles. The summed E-state index contributed by atoms with van der Waals surface area (Å²) in [4.78, 5) is -0.410. The molecule has 0 spiro atoms. The number of halogens is 2. The van der Waals surface area contributed by atoms with Crippen LogP contribution < -0.4 is 4.72 Å². The Kier molecular flexibility index (Phi) is 3.91. The molecule has 1 aromatic carbocycles. The number of aryl methyl sites for hydroxylation is 1. The molecular formula is C11H11BrFN3O2S. The van der Waals surface area contributed by atoms with Crippen molar-refractivity contribution >= 4 is 31.8 Å². The summed E-state index contributed by atoms with van der Waals surface area (Å²) in [5, 5.41) is 6.30. The molecule has 0 aliphatic rings. The fraction of sp³-hybridized carbons (Fsp3) is 0.182. The van der Waals surface area contributed by atoms with E-state index in [1.165, 1.54) is 18.3 Å². The van der Waals surface area contributed by atoms with Gasteiger partial charge in [0.2, 0.25) is 0 Å². The van der Waals surface area contributed by atoms with Gasteiger partial charge in [0.25, 0.3) is 10.0 Å². The van der Waals surface area contributed by atoms with Crippen LogP contribution in [0.3, 0.4) is 0 Å². The monoisotopic (exact) mass is 347 g/mol. The van der Waals surface area contributed by atoms with Gasteiger partial charge in [0.1, 0.15) is 16.5 Å². The molecule has 1 aromatic heterocycles. The molecule has 0 bridgehead atoms. The Morgan fingerprint density at radius 3 is 2.84 bits per heavy atom. The molecule has 8 heteroatoms. The van der Waals surface area contributed by atoms with Gasteiger partial charge >= 0.3 is 0 Å². The molecule has 19 heavy (non-hydrogen) atoms. The Hall–Kier alpha value is -1.41. The number of hydrogen-bond acceptors (Lipinski definition) is 3. The van der Waals surface area contributed by atoms with E-state index in [2.05, 4.69) is 30.8 Å². The van der Waals surface area contributed by atoms with E-state index in [4.69, 9.17) is 0 Å². The first-order chi connectivity index (χ1) is 8.94. The Morgan fingerprint density at radius 1 is 1.47 bits per heavy atom. The lowest BCUT2D eigenvalue weighted by molar-refractivity contribution is 0.569. The van der Waals surface area contributed by atoms with Crippen LogP contribution in [-0.2, 0) is 16.4 Å². The molecule has 0 amide bonds. The summed E-state index contributed by atoms with van der Waals surface area (Å²) < 4.78 is 40.6. The van der Waals surface area contributed by atoms with Crippen molar-refractivity contribution < 1.29 is 12.8 Å². The van der Waals surface area contributed by atoms with E-state index in [1.807, 2.05) is 6.92 Å². The van der Waals surface area contributed by atoms with Crippen molar-refractivity contribution in [2.75, 3.05) is 4.72 Å². The molecule has 1 heterocycles. The molecule has 0 atom stereocenters. The second kappa shape index (κ2) is 5.30. The van der Waals surface area contributed by atoms with Crippen LogP contribution in [0.1, 0.15) is 12.5 Å². The second-order valence-electron chi connectivity index (χ2n) is 3.80. The molecule has 2 rings (SSSR count). The maximum atomic E-state index is 13.7. The maximum Gasteiger partial charge on any atom is 0.265 e. The van der Waals surface area contributed by atoms with Crippen LogP contribution in [0.2, 0.25) is 0 Å². The van der Waals surface area contributed by atoms with E-state index in [0.717, 1.165) is 6.07 Å². The highest BCUT2D eigenvalue weighted by Gasteiger charge is 2.21. The standard InChI is InChI=1S/C11H11BrFN3O2S/c1-2-7-6-14-15-11(7)16-19(17,18)10-4-3-8(12)5-9(10)13/h3-6H,2H2,1H3,(H2,14,15,16). The van der Waals surface area contributed by atoms with Crippen molar-refractivity contribution in [2.24, 2.45) is 0 Å². The number of aromatic amines is 1. The van der Waals surface area contributed by atoms with Gasteiger partial charge < -0.3 is 0 Å². The molecule has 0 aliphatic carbocycles. The summed E-state index contributed by atoms with van der Waals surface area (Å²) in [6.07, 6.45) is 2.13. The number of hydrogen-bond donors (Lipinski definition) is 2. The quantitative estimate of drug-likeness (QED) is 0.892. The first kappa shape index (κ1) is 14.0. The SMILES string of the molecule is CCc1cn[nH]c1NS(=O)(=O)c1ccc(Br)cc1F. The molecule has 0 aliphatic heterocycles. The lowest BCUT2D eigenvalue weighted by Gasteiger charge is -2.08. The van der Waals surface area contributed by atoms with Crippen LogP contribution in [0.5, 0.6) is 0 Å². The Bertz CT molecular complexity index is 700. The average molecular weight is 348 g/mol. The van der Waals surface area contributed by atoms with Gasteiger partial charge in [0.15, 0.2) is 0 Å². The lowest BCUT2D eigenvalue weighted by atomic mass is 10.3. The number of nitrogens with one attached hydrogen (secondary N) is 2. The first-order valence-electron chi connectivity index (χ1n) is 5.44. The Morgan fingerprint density at radius 2 is 2.21 bits per heavy atom. The first-order valence-corrected chi connectivity index (χ1v) is 7.71. The van der Waals surface area contributed by atoms with Crippen molar-refractivity contribution in [3.05, 3.63) is 40.2 Å². The third-order valence-electron chi connectivity index (χ3n) is 2.52. The summed E-state index contributed by atoms with van der Waals surface area (Å²) in [6.45, 7) is 1.86. The van der Waals surface area contributed by atoms with Gasteiger partial charge in [-0.15, -0.1) is 0 Å². The summed E-state index contributed by atoms with van der Waals surface area (Å²) in [5.41, 5.74) is 0.709. The van der Waals surface area contributed by atoms with E-state index >= 15 is 0 Å². The molecule has 0 unspecified atom stereocenters. The number of H-pyrrole nitrogens is 1. The van der Waals surface area contributed by atoms with Crippen molar-refractivity contribution in [2.45, 2.75) is 18.2 Å². The van der Waals surface area contributed by atoms with Crippen LogP contribution in [-0.4, -0.2) is 18.6 Å². The topological polar surface area (TPSA) is 74.8 Å². The smallest absolute Gasteiger partial charge is 0.263 e. The van der Waals surface area contributed by atoms with Gasteiger partial charge in [-0.3, -0.25) is 9.82 Å². The maximum absolute atomic E-state index is 13.7. The van der Waals surface area contributed by atoms with Crippen LogP contribution in [0, 0.1) is 5.82 Å². The zero-order valence-electron chi connectivity index (χ0n) is 9.94. The van der Waals surface area contributed by atoms with E-state index in [-0.39, 0.29) is 5.82 Å². The van der Waals surface area contributed by atoms with Gasteiger partial charge in [-0.25, -0.2) is 12.8 Å². The van der Waals surface area contributed by atoms with Gasteiger partial charge in [-0.1, -0.05) is 22.9 Å². The van der Waals surface area contributed by atoms with Crippen LogP contribution in [0.15, 0.2) is 33.8 Å². The van der Waals surface area contributed by atoms with Crippen molar-refractivity contribution in [3.63, 3.8) is 0 Å². The predicted octanol–water partition coefficient (Wildman–Crippen LogP) is 2.67. The molecule has 2 aromatic rings. The second-order valence-corrected chi connectivity index (χ2v) is 6.37. The van der Waals surface area contributed by atoms with E-state index in [0.29, 0.717) is 16.5 Å². The molecule has 2 N–H and O–H groups in total. The minimum absolute atomic E-state index is 0.254. The van der Waals surface area contributed by atoms with Crippen LogP contribution in [0.25, 0.3) is 0 Å². The third-order valence-corrected chi connectivity index (χ3v) is 4.39. The summed E-state index contributed by atoms with van der Waals surface area (Å²) in [5.74, 6) is -0.566. The zero-order valence-corrected chi connectivity index (χ0v) is 12.3. The number of sulfonamides is 1. The summed E-state index contributed by atoms with van der Waals surface area (Å²) in [7, 11) is -3.98. The predicted molar refractivity (Wildman–Crippen MR) is 72.9 cm³/mol. The minimum Gasteiger partial charge on any atom is -0.263 e. The lowest BCUT2D eigenvalue weighted by Crippen LogP contribution is -2.15. The van der Waals surface area contributed by atoms with Crippen LogP contribution in [0.4, 0.5) is 10.2 Å². The van der Waals surface area contributed by atoms with Crippen molar-refractivity contribution in [3.8, 4) is 0 Å². The Labute approximate surface area is 118 Å². The molecule has 0 saturated carbocycles. The molecule has 0 radical (unpaired) electrons. The summed E-state index contributed by atoms with van der Waals surface area (Å²) in [6, 6.07) is 3.76. The average Bonchev–Trinajstić information content (AvgIpc) is 2.74. The zero-order chi connectivity index (χ0) is 14.0. The molecular weight excluding hydrogens is 337 g/mol. The van der Waals surface area contributed by atoms with E-state index in [9.17, 15) is 12.8 Å². The number of anilines is 1. The molecule has 102 valence electrons. The summed E-state index contributed by atoms with van der Waals surface area (Å²) >= 11 is 3.08. The normalized spacial score (nSPS) is 11.5. The van der Waals surface area contributed by atoms with Crippen molar-refractivity contribution in [1.29, 1.82) is 0 Å². The van der Waals surface area contributed by atoms with E-state index < -0.39 is 20.7 Å². The van der Waals surface area contributed by atoms with Gasteiger partial charge in [-0.05, 0) is 24.6 Å². The highest BCUT2D eigenvalue weighted by atomic mass is 79.9. The van der Waals surface area contributed by atoms with Gasteiger partial charge in [0.05, 0.1) is 6.20 Å². The number of rotatable bonds is 4. The van der Waals surface area contributed by atoms with Crippen LogP contribution >= 0.6 is 15.9 Å². The number of benzene rings is 1. The largest absolute Gasteiger partial charge is 0.265 e. The number of nitrogens with zero attached hydrogens (tertiary/aromatic N) is 1. The van der Waals surface area contributed by atoms with Gasteiger partial charge in [0, 0.05) is 10.0 Å². The molecule has 0 fully saturated rings. The van der Waals surface area contributed by atoms with E-state index in [1.54, 1.807) is 0 Å². The molecule has 5 nitrogen and oxygen atoms in total. The highest BCUT2D eigenvalue weighted by molar-refractivity contribution is 9.10. The minimum atomic E-state index is -3.98.